The number of nitrogens with zero attached hydrogens (tertiary/aromatic N) is 2. The molecule has 112 valence electrons. The van der Waals surface area contributed by atoms with E-state index in [2.05, 4.69) is 6.92 Å². The molecule has 0 amide bonds. The van der Waals surface area contributed by atoms with Crippen molar-refractivity contribution in [2.24, 2.45) is 0 Å². The second kappa shape index (κ2) is 6.52. The molecule has 0 radical (unpaired) electrons. The maximum atomic E-state index is 12.8. The van der Waals surface area contributed by atoms with Crippen molar-refractivity contribution in [1.29, 1.82) is 0 Å². The zero-order valence-corrected chi connectivity index (χ0v) is 12.6. The molecule has 5 nitrogen and oxygen atoms in total. The van der Waals surface area contributed by atoms with Gasteiger partial charge in [0.25, 0.3) is 10.2 Å². The molecule has 0 aliphatic carbocycles. The van der Waals surface area contributed by atoms with Gasteiger partial charge in [-0.2, -0.15) is 17.0 Å². The highest BCUT2D eigenvalue weighted by Gasteiger charge is 2.39. The largest absolute Gasteiger partial charge is 0.395 e. The summed E-state index contributed by atoms with van der Waals surface area (Å²) in [6, 6.07) is -0.0850. The van der Waals surface area contributed by atoms with Gasteiger partial charge in [0.1, 0.15) is 0 Å². The summed E-state index contributed by atoms with van der Waals surface area (Å²) in [5, 5.41) is 9.42. The fourth-order valence-corrected chi connectivity index (χ4v) is 5.45. The summed E-state index contributed by atoms with van der Waals surface area (Å²) in [7, 11) is -3.40. The van der Waals surface area contributed by atoms with Crippen LogP contribution in [0, 0.1) is 0 Å². The average molecular weight is 290 g/mol. The lowest BCUT2D eigenvalue weighted by Crippen LogP contribution is -2.55. The van der Waals surface area contributed by atoms with Crippen LogP contribution in [-0.4, -0.2) is 53.9 Å². The van der Waals surface area contributed by atoms with Crippen LogP contribution in [-0.2, 0) is 10.2 Å². The van der Waals surface area contributed by atoms with Crippen LogP contribution in [0.4, 0.5) is 0 Å². The van der Waals surface area contributed by atoms with E-state index in [0.29, 0.717) is 13.1 Å². The Morgan fingerprint density at radius 1 is 1.00 bits per heavy atom. The van der Waals surface area contributed by atoms with Gasteiger partial charge in [-0.25, -0.2) is 0 Å². The summed E-state index contributed by atoms with van der Waals surface area (Å²) in [5.74, 6) is 0. The highest BCUT2D eigenvalue weighted by molar-refractivity contribution is 7.86. The molecule has 2 aliphatic heterocycles. The van der Waals surface area contributed by atoms with E-state index in [0.717, 1.165) is 44.9 Å². The van der Waals surface area contributed by atoms with E-state index < -0.39 is 10.2 Å². The number of hydrogen-bond acceptors (Lipinski definition) is 3. The fraction of sp³-hybridized carbons (Fsp3) is 1.00. The van der Waals surface area contributed by atoms with Gasteiger partial charge in [0.2, 0.25) is 0 Å². The number of piperidine rings is 2. The van der Waals surface area contributed by atoms with Gasteiger partial charge in [0, 0.05) is 25.2 Å². The quantitative estimate of drug-likeness (QED) is 0.850. The Morgan fingerprint density at radius 2 is 1.53 bits per heavy atom. The normalized spacial score (nSPS) is 31.5. The van der Waals surface area contributed by atoms with E-state index in [9.17, 15) is 13.5 Å². The third-order valence-corrected chi connectivity index (χ3v) is 6.57. The van der Waals surface area contributed by atoms with Crippen molar-refractivity contribution >= 4 is 10.2 Å². The van der Waals surface area contributed by atoms with Crippen molar-refractivity contribution in [2.75, 3.05) is 19.7 Å². The van der Waals surface area contributed by atoms with Crippen LogP contribution >= 0.6 is 0 Å². The molecule has 2 fully saturated rings. The van der Waals surface area contributed by atoms with E-state index >= 15 is 0 Å². The van der Waals surface area contributed by atoms with Gasteiger partial charge in [-0.05, 0) is 32.1 Å². The molecule has 2 rings (SSSR count). The van der Waals surface area contributed by atoms with Gasteiger partial charge >= 0.3 is 0 Å². The number of rotatable bonds is 4. The van der Waals surface area contributed by atoms with Crippen LogP contribution in [0.1, 0.15) is 51.9 Å². The molecule has 0 bridgehead atoms. The molecule has 0 aromatic carbocycles. The third kappa shape index (κ3) is 3.12. The highest BCUT2D eigenvalue weighted by Crippen LogP contribution is 2.28. The van der Waals surface area contributed by atoms with E-state index in [1.807, 2.05) is 0 Å². The van der Waals surface area contributed by atoms with Crippen LogP contribution in [0.5, 0.6) is 0 Å². The standard InChI is InChI=1S/C13H26N2O3S/c1-2-12-7-3-5-9-14(12)19(17,18)15-10-6-4-8-13(15)11-16/h12-13,16H,2-11H2,1H3. The van der Waals surface area contributed by atoms with Gasteiger partial charge in [-0.1, -0.05) is 19.8 Å². The zero-order valence-electron chi connectivity index (χ0n) is 11.8. The molecule has 6 heteroatoms. The molecule has 2 aliphatic rings. The van der Waals surface area contributed by atoms with Gasteiger partial charge in [0.15, 0.2) is 0 Å². The molecular weight excluding hydrogens is 264 g/mol. The van der Waals surface area contributed by atoms with Crippen LogP contribution in [0.3, 0.4) is 0 Å². The Bertz CT molecular complexity index is 355. The fourth-order valence-electron chi connectivity index (χ4n) is 3.28. The van der Waals surface area contributed by atoms with Gasteiger partial charge in [-0.15, -0.1) is 0 Å². The van der Waals surface area contributed by atoms with Crippen LogP contribution in [0.15, 0.2) is 0 Å². The molecular formula is C13H26N2O3S. The van der Waals surface area contributed by atoms with Gasteiger partial charge in [-0.3, -0.25) is 0 Å². The molecule has 19 heavy (non-hydrogen) atoms. The lowest BCUT2D eigenvalue weighted by atomic mass is 10.0. The van der Waals surface area contributed by atoms with Crippen LogP contribution < -0.4 is 0 Å². The summed E-state index contributed by atoms with van der Waals surface area (Å²) in [6.45, 7) is 3.18. The van der Waals surface area contributed by atoms with Crippen molar-refractivity contribution in [2.45, 2.75) is 64.0 Å². The topological polar surface area (TPSA) is 60.9 Å². The molecule has 0 saturated carbocycles. The van der Waals surface area contributed by atoms with Crippen molar-refractivity contribution in [3.63, 3.8) is 0 Å². The predicted octanol–water partition coefficient (Wildman–Crippen LogP) is 1.34. The summed E-state index contributed by atoms with van der Waals surface area (Å²) in [4.78, 5) is 0. The summed E-state index contributed by atoms with van der Waals surface area (Å²) >= 11 is 0. The van der Waals surface area contributed by atoms with Crippen LogP contribution in [0.25, 0.3) is 0 Å². The monoisotopic (exact) mass is 290 g/mol. The molecule has 1 N–H and O–H groups in total. The predicted molar refractivity (Wildman–Crippen MR) is 75.0 cm³/mol. The summed E-state index contributed by atoms with van der Waals surface area (Å²) in [5.41, 5.74) is 0. The van der Waals surface area contributed by atoms with E-state index in [1.165, 1.54) is 0 Å². The first-order chi connectivity index (χ1) is 9.11. The molecule has 2 heterocycles. The van der Waals surface area contributed by atoms with E-state index in [1.54, 1.807) is 8.61 Å². The van der Waals surface area contributed by atoms with Crippen molar-refractivity contribution in [3.05, 3.63) is 0 Å². The van der Waals surface area contributed by atoms with Crippen molar-refractivity contribution in [3.8, 4) is 0 Å². The maximum absolute atomic E-state index is 12.8. The first-order valence-electron chi connectivity index (χ1n) is 7.50. The molecule has 2 atom stereocenters. The Morgan fingerprint density at radius 3 is 2.05 bits per heavy atom. The molecule has 2 unspecified atom stereocenters. The third-order valence-electron chi connectivity index (χ3n) is 4.42. The first kappa shape index (κ1) is 15.2. The lowest BCUT2D eigenvalue weighted by molar-refractivity contribution is 0.139. The summed E-state index contributed by atoms with van der Waals surface area (Å²) in [6.07, 6.45) is 6.60. The Labute approximate surface area is 116 Å². The second-order valence-corrected chi connectivity index (χ2v) is 7.45. The number of hydrogen-bond donors (Lipinski definition) is 1. The van der Waals surface area contributed by atoms with E-state index in [-0.39, 0.29) is 18.7 Å². The molecule has 2 saturated heterocycles. The smallest absolute Gasteiger partial charge is 0.282 e. The van der Waals surface area contributed by atoms with Gasteiger partial charge in [0.05, 0.1) is 6.61 Å². The lowest BCUT2D eigenvalue weighted by Gasteiger charge is -2.41. The minimum absolute atomic E-state index is 0.0656. The number of aliphatic hydroxyl groups is 1. The van der Waals surface area contributed by atoms with Crippen molar-refractivity contribution in [1.82, 2.24) is 8.61 Å². The Hall–Kier alpha value is -0.170. The SMILES string of the molecule is CCC1CCCCN1S(=O)(=O)N1CCCCC1CO. The van der Waals surface area contributed by atoms with Crippen LogP contribution in [0.2, 0.25) is 0 Å². The first-order valence-corrected chi connectivity index (χ1v) is 8.90. The zero-order chi connectivity index (χ0) is 13.9. The summed E-state index contributed by atoms with van der Waals surface area (Å²) < 4.78 is 28.9. The minimum atomic E-state index is -3.40. The number of aliphatic hydroxyl groups excluding tert-OH is 1. The maximum Gasteiger partial charge on any atom is 0.282 e. The molecule has 0 spiro atoms. The van der Waals surface area contributed by atoms with E-state index in [4.69, 9.17) is 0 Å². The highest BCUT2D eigenvalue weighted by atomic mass is 32.2. The average Bonchev–Trinajstić information content (AvgIpc) is 2.47. The Balaban J connectivity index is 2.19. The Kier molecular flexibility index (Phi) is 5.22. The second-order valence-electron chi connectivity index (χ2n) is 5.62. The minimum Gasteiger partial charge on any atom is -0.395 e. The molecule has 0 aromatic heterocycles. The van der Waals surface area contributed by atoms with Gasteiger partial charge < -0.3 is 5.11 Å². The molecule has 0 aromatic rings. The van der Waals surface area contributed by atoms with Crippen molar-refractivity contribution < 1.29 is 13.5 Å².